The number of hydrogen-bond acceptors (Lipinski definition) is 6. The monoisotopic (exact) mass is 351 g/mol. The highest BCUT2D eigenvalue weighted by Crippen LogP contribution is 2.33. The Bertz CT molecular complexity index is 852. The Morgan fingerprint density at radius 1 is 1.45 bits per heavy atom. The number of fused-ring (bicyclic) bond motifs is 1. The molecule has 3 aromatic heterocycles. The quantitative estimate of drug-likeness (QED) is 0.547. The Kier molecular flexibility index (Phi) is 4.60. The average Bonchev–Trinajstić information content (AvgIpc) is 3.14. The third-order valence-corrected chi connectivity index (χ3v) is 5.57. The summed E-state index contributed by atoms with van der Waals surface area (Å²) in [5.74, 6) is 0.173. The SMILES string of the molecule is CCNC(=O)CSc1nc2scc(-c3cccs3)c2c(=O)[nH]1. The predicted molar refractivity (Wildman–Crippen MR) is 93.0 cm³/mol. The van der Waals surface area contributed by atoms with E-state index in [0.29, 0.717) is 21.9 Å². The summed E-state index contributed by atoms with van der Waals surface area (Å²) in [6.07, 6.45) is 0. The second-order valence-electron chi connectivity index (χ2n) is 4.42. The molecule has 0 atom stereocenters. The summed E-state index contributed by atoms with van der Waals surface area (Å²) in [4.78, 5) is 32.8. The first-order valence-electron chi connectivity index (χ1n) is 6.64. The van der Waals surface area contributed by atoms with E-state index in [4.69, 9.17) is 0 Å². The summed E-state index contributed by atoms with van der Waals surface area (Å²) in [7, 11) is 0. The molecule has 0 aliphatic carbocycles. The minimum atomic E-state index is -0.159. The van der Waals surface area contributed by atoms with E-state index in [1.54, 1.807) is 11.3 Å². The fourth-order valence-electron chi connectivity index (χ4n) is 1.99. The van der Waals surface area contributed by atoms with Crippen molar-refractivity contribution in [1.29, 1.82) is 0 Å². The van der Waals surface area contributed by atoms with Crippen molar-refractivity contribution in [2.45, 2.75) is 12.1 Å². The van der Waals surface area contributed by atoms with Gasteiger partial charge in [0.05, 0.1) is 11.1 Å². The number of carbonyl (C=O) groups excluding carboxylic acids is 1. The minimum Gasteiger partial charge on any atom is -0.356 e. The van der Waals surface area contributed by atoms with Crippen LogP contribution in [0.15, 0.2) is 32.8 Å². The van der Waals surface area contributed by atoms with Crippen LogP contribution in [0.3, 0.4) is 0 Å². The van der Waals surface area contributed by atoms with E-state index in [2.05, 4.69) is 15.3 Å². The van der Waals surface area contributed by atoms with Crippen LogP contribution in [0.5, 0.6) is 0 Å². The third-order valence-electron chi connectivity index (χ3n) is 2.92. The minimum absolute atomic E-state index is 0.0688. The van der Waals surface area contributed by atoms with Gasteiger partial charge in [-0.05, 0) is 18.4 Å². The van der Waals surface area contributed by atoms with Crippen molar-refractivity contribution in [1.82, 2.24) is 15.3 Å². The third kappa shape index (κ3) is 3.08. The number of thioether (sulfide) groups is 1. The van der Waals surface area contributed by atoms with Gasteiger partial charge in [-0.2, -0.15) is 0 Å². The van der Waals surface area contributed by atoms with Crippen LogP contribution in [-0.2, 0) is 4.79 Å². The number of H-pyrrole nitrogens is 1. The van der Waals surface area contributed by atoms with Crippen molar-refractivity contribution in [2.75, 3.05) is 12.3 Å². The highest BCUT2D eigenvalue weighted by molar-refractivity contribution is 7.99. The molecular formula is C14H13N3O2S3. The zero-order chi connectivity index (χ0) is 15.5. The average molecular weight is 351 g/mol. The van der Waals surface area contributed by atoms with Crippen LogP contribution in [0.25, 0.3) is 20.7 Å². The van der Waals surface area contributed by atoms with Gasteiger partial charge in [-0.1, -0.05) is 17.8 Å². The molecule has 0 fully saturated rings. The zero-order valence-corrected chi connectivity index (χ0v) is 14.2. The fraction of sp³-hybridized carbons (Fsp3) is 0.214. The lowest BCUT2D eigenvalue weighted by atomic mass is 10.2. The summed E-state index contributed by atoms with van der Waals surface area (Å²) in [5.41, 5.74) is 0.761. The number of hydrogen-bond donors (Lipinski definition) is 2. The van der Waals surface area contributed by atoms with Crippen LogP contribution in [0.4, 0.5) is 0 Å². The molecule has 0 spiro atoms. The van der Waals surface area contributed by atoms with E-state index in [1.807, 2.05) is 29.8 Å². The summed E-state index contributed by atoms with van der Waals surface area (Å²) in [5, 5.41) is 7.75. The largest absolute Gasteiger partial charge is 0.356 e. The van der Waals surface area contributed by atoms with Gasteiger partial charge >= 0.3 is 0 Å². The lowest BCUT2D eigenvalue weighted by Gasteiger charge is -2.02. The van der Waals surface area contributed by atoms with Crippen LogP contribution >= 0.6 is 34.4 Å². The number of aromatic nitrogens is 2. The Labute approximate surface area is 138 Å². The van der Waals surface area contributed by atoms with Gasteiger partial charge in [0, 0.05) is 22.4 Å². The van der Waals surface area contributed by atoms with E-state index in [0.717, 1.165) is 10.4 Å². The number of aromatic amines is 1. The van der Waals surface area contributed by atoms with Gasteiger partial charge in [-0.3, -0.25) is 9.59 Å². The van der Waals surface area contributed by atoms with E-state index < -0.39 is 0 Å². The molecule has 0 saturated carbocycles. The van der Waals surface area contributed by atoms with Gasteiger partial charge in [0.1, 0.15) is 4.83 Å². The van der Waals surface area contributed by atoms with Crippen molar-refractivity contribution in [3.05, 3.63) is 33.2 Å². The van der Waals surface area contributed by atoms with Crippen LogP contribution in [0, 0.1) is 0 Å². The molecule has 114 valence electrons. The molecule has 0 bridgehead atoms. The van der Waals surface area contributed by atoms with E-state index in [9.17, 15) is 9.59 Å². The molecule has 0 radical (unpaired) electrons. The summed E-state index contributed by atoms with van der Waals surface area (Å²) in [6.45, 7) is 2.46. The first-order chi connectivity index (χ1) is 10.7. The number of nitrogens with zero attached hydrogens (tertiary/aromatic N) is 1. The smallest absolute Gasteiger partial charge is 0.260 e. The van der Waals surface area contributed by atoms with Gasteiger partial charge in [0.2, 0.25) is 5.91 Å². The highest BCUT2D eigenvalue weighted by atomic mass is 32.2. The van der Waals surface area contributed by atoms with E-state index >= 15 is 0 Å². The second kappa shape index (κ2) is 6.64. The molecule has 22 heavy (non-hydrogen) atoms. The number of carbonyl (C=O) groups is 1. The Morgan fingerprint density at radius 3 is 3.05 bits per heavy atom. The van der Waals surface area contributed by atoms with E-state index in [1.165, 1.54) is 23.1 Å². The Hall–Kier alpha value is -1.64. The first-order valence-corrected chi connectivity index (χ1v) is 9.38. The topological polar surface area (TPSA) is 74.8 Å². The standard InChI is InChI=1S/C14H13N3O2S3/c1-2-15-10(18)7-22-14-16-12(19)11-8(6-21-13(11)17-14)9-4-3-5-20-9/h3-6H,2,7H2,1H3,(H,15,18)(H,16,17,19). The molecule has 0 aliphatic heterocycles. The van der Waals surface area contributed by atoms with E-state index in [-0.39, 0.29) is 17.2 Å². The molecule has 0 aromatic carbocycles. The number of rotatable bonds is 5. The molecule has 0 aliphatic rings. The van der Waals surface area contributed by atoms with Crippen LogP contribution in [0.1, 0.15) is 6.92 Å². The van der Waals surface area contributed by atoms with Crippen molar-refractivity contribution < 1.29 is 4.79 Å². The molecule has 8 heteroatoms. The van der Waals surface area contributed by atoms with Gasteiger partial charge in [-0.25, -0.2) is 4.98 Å². The summed E-state index contributed by atoms with van der Waals surface area (Å²) in [6, 6.07) is 3.95. The van der Waals surface area contributed by atoms with Crippen molar-refractivity contribution in [3.63, 3.8) is 0 Å². The summed E-state index contributed by atoms with van der Waals surface area (Å²) < 4.78 is 0. The normalized spacial score (nSPS) is 11.0. The highest BCUT2D eigenvalue weighted by Gasteiger charge is 2.14. The maximum atomic E-state index is 12.3. The lowest BCUT2D eigenvalue weighted by Crippen LogP contribution is -2.24. The first kappa shape index (κ1) is 15.3. The van der Waals surface area contributed by atoms with Crippen molar-refractivity contribution >= 4 is 50.6 Å². The number of thiophene rings is 2. The zero-order valence-electron chi connectivity index (χ0n) is 11.7. The molecule has 0 unspecified atom stereocenters. The van der Waals surface area contributed by atoms with Crippen LogP contribution in [0.2, 0.25) is 0 Å². The molecular weight excluding hydrogens is 338 g/mol. The van der Waals surface area contributed by atoms with Crippen LogP contribution < -0.4 is 10.9 Å². The van der Waals surface area contributed by atoms with Crippen molar-refractivity contribution in [2.24, 2.45) is 0 Å². The van der Waals surface area contributed by atoms with Gasteiger partial charge in [-0.15, -0.1) is 22.7 Å². The number of nitrogens with one attached hydrogen (secondary N) is 2. The molecule has 5 nitrogen and oxygen atoms in total. The van der Waals surface area contributed by atoms with Crippen molar-refractivity contribution in [3.8, 4) is 10.4 Å². The molecule has 3 aromatic rings. The molecule has 3 rings (SSSR count). The molecule has 3 heterocycles. The predicted octanol–water partition coefficient (Wildman–Crippen LogP) is 2.94. The maximum Gasteiger partial charge on any atom is 0.260 e. The Balaban J connectivity index is 1.91. The molecule has 0 saturated heterocycles. The number of amides is 1. The molecule has 2 N–H and O–H groups in total. The molecule has 1 amide bonds. The fourth-order valence-corrected chi connectivity index (χ4v) is 4.50. The van der Waals surface area contributed by atoms with Crippen LogP contribution in [-0.4, -0.2) is 28.2 Å². The lowest BCUT2D eigenvalue weighted by molar-refractivity contribution is -0.118. The summed E-state index contributed by atoms with van der Waals surface area (Å²) >= 11 is 4.28. The maximum absolute atomic E-state index is 12.3. The second-order valence-corrected chi connectivity index (χ2v) is 7.19. The Morgan fingerprint density at radius 2 is 2.32 bits per heavy atom. The van der Waals surface area contributed by atoms with Gasteiger partial charge in [0.15, 0.2) is 5.16 Å². The van der Waals surface area contributed by atoms with Gasteiger partial charge in [0.25, 0.3) is 5.56 Å². The van der Waals surface area contributed by atoms with Gasteiger partial charge < -0.3 is 10.3 Å².